The molecule has 0 aliphatic heterocycles. The first-order valence-corrected chi connectivity index (χ1v) is 6.03. The normalized spacial score (nSPS) is 12.5. The third kappa shape index (κ3) is 2.83. The Kier molecular flexibility index (Phi) is 3.43. The van der Waals surface area contributed by atoms with Crippen LogP contribution in [0.3, 0.4) is 0 Å². The Morgan fingerprint density at radius 2 is 1.82 bits per heavy atom. The second kappa shape index (κ2) is 4.84. The van der Waals surface area contributed by atoms with Gasteiger partial charge in [0.25, 0.3) is 0 Å². The van der Waals surface area contributed by atoms with Crippen LogP contribution in [-0.4, -0.2) is 0 Å². The molecule has 1 atom stereocenters. The average Bonchev–Trinajstić information content (AvgIpc) is 2.61. The number of benzene rings is 1. The molecular formula is C14H16ClNO. The van der Waals surface area contributed by atoms with E-state index in [4.69, 9.17) is 16.0 Å². The lowest BCUT2D eigenvalue weighted by atomic mass is 10.1. The van der Waals surface area contributed by atoms with Crippen LogP contribution in [0.1, 0.15) is 30.0 Å². The van der Waals surface area contributed by atoms with Crippen LogP contribution < -0.4 is 5.32 Å². The second-order valence-electron chi connectivity index (χ2n) is 4.24. The minimum absolute atomic E-state index is 0.216. The number of halogens is 1. The minimum atomic E-state index is 0.216. The van der Waals surface area contributed by atoms with E-state index < -0.39 is 0 Å². The van der Waals surface area contributed by atoms with Crippen LogP contribution in [0.2, 0.25) is 5.02 Å². The van der Waals surface area contributed by atoms with E-state index in [-0.39, 0.29) is 6.04 Å². The monoisotopic (exact) mass is 249 g/mol. The van der Waals surface area contributed by atoms with E-state index in [1.165, 1.54) is 5.56 Å². The van der Waals surface area contributed by atoms with Crippen molar-refractivity contribution in [1.82, 2.24) is 0 Å². The van der Waals surface area contributed by atoms with Gasteiger partial charge in [0.15, 0.2) is 0 Å². The van der Waals surface area contributed by atoms with Gasteiger partial charge in [0, 0.05) is 16.3 Å². The molecule has 0 radical (unpaired) electrons. The molecule has 1 unspecified atom stereocenters. The summed E-state index contributed by atoms with van der Waals surface area (Å²) >= 11 is 5.85. The van der Waals surface area contributed by atoms with E-state index in [0.717, 1.165) is 22.2 Å². The predicted octanol–water partition coefficient (Wildman–Crippen LogP) is 4.72. The van der Waals surface area contributed by atoms with Crippen LogP contribution >= 0.6 is 11.6 Å². The number of nitrogens with one attached hydrogen (secondary N) is 1. The number of hydrogen-bond donors (Lipinski definition) is 1. The molecule has 1 heterocycles. The molecule has 0 aliphatic carbocycles. The summed E-state index contributed by atoms with van der Waals surface area (Å²) < 4.78 is 5.53. The molecule has 0 saturated carbocycles. The van der Waals surface area contributed by atoms with E-state index in [0.29, 0.717) is 0 Å². The van der Waals surface area contributed by atoms with Crippen molar-refractivity contribution >= 4 is 17.3 Å². The Morgan fingerprint density at radius 3 is 2.35 bits per heavy atom. The van der Waals surface area contributed by atoms with E-state index >= 15 is 0 Å². The van der Waals surface area contributed by atoms with Gasteiger partial charge in [-0.1, -0.05) is 11.6 Å². The van der Waals surface area contributed by atoms with Crippen LogP contribution in [-0.2, 0) is 0 Å². The highest BCUT2D eigenvalue weighted by Gasteiger charge is 2.12. The van der Waals surface area contributed by atoms with Gasteiger partial charge in [-0.3, -0.25) is 0 Å². The molecule has 0 saturated heterocycles. The van der Waals surface area contributed by atoms with Crippen molar-refractivity contribution in [2.45, 2.75) is 26.8 Å². The Bertz CT molecular complexity index is 501. The Balaban J connectivity index is 2.14. The van der Waals surface area contributed by atoms with Crippen LogP contribution in [0, 0.1) is 13.8 Å². The van der Waals surface area contributed by atoms with Gasteiger partial charge < -0.3 is 9.73 Å². The zero-order valence-corrected chi connectivity index (χ0v) is 11.0. The lowest BCUT2D eigenvalue weighted by Crippen LogP contribution is -2.06. The van der Waals surface area contributed by atoms with E-state index in [9.17, 15) is 0 Å². The third-order valence-electron chi connectivity index (χ3n) is 2.77. The molecule has 90 valence electrons. The number of aryl methyl sites for hydroxylation is 2. The van der Waals surface area contributed by atoms with Crippen molar-refractivity contribution in [3.8, 4) is 0 Å². The van der Waals surface area contributed by atoms with Crippen molar-refractivity contribution in [1.29, 1.82) is 0 Å². The fourth-order valence-electron chi connectivity index (χ4n) is 1.95. The predicted molar refractivity (Wildman–Crippen MR) is 71.7 cm³/mol. The lowest BCUT2D eigenvalue weighted by Gasteiger charge is -2.14. The van der Waals surface area contributed by atoms with Crippen LogP contribution in [0.4, 0.5) is 5.69 Å². The van der Waals surface area contributed by atoms with Gasteiger partial charge in [0.2, 0.25) is 0 Å². The van der Waals surface area contributed by atoms with Crippen LogP contribution in [0.15, 0.2) is 34.7 Å². The van der Waals surface area contributed by atoms with Gasteiger partial charge in [0.1, 0.15) is 11.5 Å². The molecule has 1 aromatic heterocycles. The SMILES string of the molecule is Cc1cc(C(C)Nc2ccc(Cl)cc2)c(C)o1. The second-order valence-corrected chi connectivity index (χ2v) is 4.68. The van der Waals surface area contributed by atoms with Crippen molar-refractivity contribution in [3.63, 3.8) is 0 Å². The average molecular weight is 250 g/mol. The van der Waals surface area contributed by atoms with Gasteiger partial charge in [0.05, 0.1) is 6.04 Å². The molecule has 1 N–H and O–H groups in total. The number of anilines is 1. The maximum absolute atomic E-state index is 5.85. The molecule has 0 amide bonds. The molecule has 0 fully saturated rings. The first-order chi connectivity index (χ1) is 8.06. The molecule has 1 aromatic carbocycles. The van der Waals surface area contributed by atoms with Gasteiger partial charge in [-0.2, -0.15) is 0 Å². The van der Waals surface area contributed by atoms with E-state index in [1.807, 2.05) is 38.1 Å². The maximum Gasteiger partial charge on any atom is 0.106 e. The first kappa shape index (κ1) is 12.1. The van der Waals surface area contributed by atoms with E-state index in [1.54, 1.807) is 0 Å². The fourth-order valence-corrected chi connectivity index (χ4v) is 2.08. The maximum atomic E-state index is 5.85. The number of rotatable bonds is 3. The highest BCUT2D eigenvalue weighted by Crippen LogP contribution is 2.25. The molecule has 0 spiro atoms. The summed E-state index contributed by atoms with van der Waals surface area (Å²) in [7, 11) is 0. The number of furan rings is 1. The van der Waals surface area contributed by atoms with Gasteiger partial charge in [-0.25, -0.2) is 0 Å². The molecule has 17 heavy (non-hydrogen) atoms. The summed E-state index contributed by atoms with van der Waals surface area (Å²) in [5, 5.41) is 4.17. The molecule has 2 aromatic rings. The first-order valence-electron chi connectivity index (χ1n) is 5.65. The van der Waals surface area contributed by atoms with Crippen LogP contribution in [0.25, 0.3) is 0 Å². The zero-order chi connectivity index (χ0) is 12.4. The summed E-state index contributed by atoms with van der Waals surface area (Å²) in [6.45, 7) is 6.07. The number of hydrogen-bond acceptors (Lipinski definition) is 2. The molecule has 2 rings (SSSR count). The standard InChI is InChI=1S/C14H16ClNO/c1-9-8-14(11(3)17-9)10(2)16-13-6-4-12(15)5-7-13/h4-8,10,16H,1-3H3. The summed E-state index contributed by atoms with van der Waals surface area (Å²) in [4.78, 5) is 0. The van der Waals surface area contributed by atoms with Crippen molar-refractivity contribution in [2.75, 3.05) is 5.32 Å². The largest absolute Gasteiger partial charge is 0.466 e. The van der Waals surface area contributed by atoms with Crippen molar-refractivity contribution in [3.05, 3.63) is 52.4 Å². The molecule has 3 heteroatoms. The summed E-state index contributed by atoms with van der Waals surface area (Å²) in [5.74, 6) is 1.92. The topological polar surface area (TPSA) is 25.2 Å². The fraction of sp³-hybridized carbons (Fsp3) is 0.286. The molecule has 2 nitrogen and oxygen atoms in total. The molecule has 0 aliphatic rings. The summed E-state index contributed by atoms with van der Waals surface area (Å²) in [6.07, 6.45) is 0. The molecular weight excluding hydrogens is 234 g/mol. The minimum Gasteiger partial charge on any atom is -0.466 e. The Hall–Kier alpha value is -1.41. The van der Waals surface area contributed by atoms with Gasteiger partial charge >= 0.3 is 0 Å². The molecule has 0 bridgehead atoms. The van der Waals surface area contributed by atoms with E-state index in [2.05, 4.69) is 18.3 Å². The van der Waals surface area contributed by atoms with Crippen LogP contribution in [0.5, 0.6) is 0 Å². The quantitative estimate of drug-likeness (QED) is 0.851. The third-order valence-corrected chi connectivity index (χ3v) is 3.03. The summed E-state index contributed by atoms with van der Waals surface area (Å²) in [5.41, 5.74) is 2.25. The van der Waals surface area contributed by atoms with Crippen molar-refractivity contribution < 1.29 is 4.42 Å². The zero-order valence-electron chi connectivity index (χ0n) is 10.3. The smallest absolute Gasteiger partial charge is 0.106 e. The summed E-state index contributed by atoms with van der Waals surface area (Å²) in [6, 6.07) is 9.99. The Labute approximate surface area is 107 Å². The van der Waals surface area contributed by atoms with Crippen molar-refractivity contribution in [2.24, 2.45) is 0 Å². The highest BCUT2D eigenvalue weighted by molar-refractivity contribution is 6.30. The van der Waals surface area contributed by atoms with Gasteiger partial charge in [-0.05, 0) is 51.1 Å². The Morgan fingerprint density at radius 1 is 1.18 bits per heavy atom. The highest BCUT2D eigenvalue weighted by atomic mass is 35.5. The lowest BCUT2D eigenvalue weighted by molar-refractivity contribution is 0.500. The van der Waals surface area contributed by atoms with Gasteiger partial charge in [-0.15, -0.1) is 0 Å².